The van der Waals surface area contributed by atoms with E-state index >= 15 is 0 Å². The molecule has 0 unspecified atom stereocenters. The molecular weight excluding hydrogens is 553 g/mol. The van der Waals surface area contributed by atoms with Crippen LogP contribution in [-0.4, -0.2) is 67.3 Å². The predicted octanol–water partition coefficient (Wildman–Crippen LogP) is 2.92. The highest BCUT2D eigenvalue weighted by atomic mass is 31.2. The fourth-order valence-corrected chi connectivity index (χ4v) is 6.75. The molecule has 1 saturated carbocycles. The van der Waals surface area contributed by atoms with E-state index in [9.17, 15) is 19.6 Å². The van der Waals surface area contributed by atoms with Gasteiger partial charge in [0.15, 0.2) is 5.82 Å². The molecule has 1 aliphatic carbocycles. The average molecular weight is 590 g/mol. The zero-order valence-corrected chi connectivity index (χ0v) is 23.9. The number of nitrogens with zero attached hydrogens (tertiary/aromatic N) is 3. The Morgan fingerprint density at radius 1 is 1.22 bits per heavy atom. The van der Waals surface area contributed by atoms with Gasteiger partial charge in [-0.1, -0.05) is 24.6 Å². The molecule has 0 radical (unpaired) electrons. The van der Waals surface area contributed by atoms with Crippen LogP contribution in [-0.2, 0) is 23.4 Å². The summed E-state index contributed by atoms with van der Waals surface area (Å²) in [5.41, 5.74) is 5.35. The van der Waals surface area contributed by atoms with Crippen molar-refractivity contribution in [2.24, 2.45) is 0 Å². The maximum atomic E-state index is 14.0. The fourth-order valence-electron chi connectivity index (χ4n) is 5.16. The van der Waals surface area contributed by atoms with E-state index in [4.69, 9.17) is 24.3 Å². The van der Waals surface area contributed by atoms with E-state index in [-0.39, 0.29) is 17.7 Å². The number of aromatic nitrogens is 3. The van der Waals surface area contributed by atoms with Crippen LogP contribution in [0.4, 0.5) is 5.82 Å². The molecule has 0 spiro atoms. The molecule has 13 nitrogen and oxygen atoms in total. The van der Waals surface area contributed by atoms with Gasteiger partial charge in [-0.2, -0.15) is 10.2 Å². The van der Waals surface area contributed by atoms with Crippen LogP contribution < -0.4 is 15.3 Å². The van der Waals surface area contributed by atoms with E-state index in [1.165, 1.54) is 24.7 Å². The molecule has 2 fully saturated rings. The van der Waals surface area contributed by atoms with Crippen molar-refractivity contribution in [3.05, 3.63) is 54.5 Å². The molecule has 2 aliphatic rings. The van der Waals surface area contributed by atoms with Crippen LogP contribution in [0, 0.1) is 0 Å². The molecule has 1 saturated heterocycles. The van der Waals surface area contributed by atoms with Crippen LogP contribution in [0.1, 0.15) is 57.7 Å². The summed E-state index contributed by atoms with van der Waals surface area (Å²) in [5.74, 6) is -0.0896. The molecule has 1 aliphatic heterocycles. The normalized spacial score (nSPS) is 27.4. The summed E-state index contributed by atoms with van der Waals surface area (Å²) in [6.07, 6.45) is 1.95. The van der Waals surface area contributed by atoms with Crippen molar-refractivity contribution in [1.29, 1.82) is 0 Å². The van der Waals surface area contributed by atoms with Gasteiger partial charge in [-0.3, -0.25) is 9.32 Å². The van der Waals surface area contributed by atoms with Crippen LogP contribution in [0.25, 0.3) is 5.52 Å². The summed E-state index contributed by atoms with van der Waals surface area (Å²) in [7, 11) is -4.24. The van der Waals surface area contributed by atoms with Crippen molar-refractivity contribution >= 4 is 25.1 Å². The Morgan fingerprint density at radius 2 is 1.95 bits per heavy atom. The topological polar surface area (TPSA) is 180 Å². The van der Waals surface area contributed by atoms with Gasteiger partial charge in [-0.15, -0.1) is 0 Å². The van der Waals surface area contributed by atoms with Crippen LogP contribution in [0.5, 0.6) is 5.75 Å². The van der Waals surface area contributed by atoms with Gasteiger partial charge >= 0.3 is 13.7 Å². The lowest BCUT2D eigenvalue weighted by Crippen LogP contribution is -2.45. The highest BCUT2D eigenvalue weighted by Crippen LogP contribution is 2.48. The zero-order valence-electron chi connectivity index (χ0n) is 23.0. The Labute approximate surface area is 237 Å². The van der Waals surface area contributed by atoms with Crippen molar-refractivity contribution in [3.63, 3.8) is 0 Å². The second-order valence-electron chi connectivity index (χ2n) is 10.7. The third-order valence-electron chi connectivity index (χ3n) is 7.49. The summed E-state index contributed by atoms with van der Waals surface area (Å²) >= 11 is 0. The van der Waals surface area contributed by atoms with Crippen molar-refractivity contribution < 1.29 is 38.1 Å². The second-order valence-corrected chi connectivity index (χ2v) is 12.4. The molecule has 3 aromatic rings. The number of nitrogen functional groups attached to an aromatic ring is 1. The summed E-state index contributed by atoms with van der Waals surface area (Å²) < 4.78 is 38.7. The minimum Gasteiger partial charge on any atom is -0.461 e. The molecule has 5 N–H and O–H groups in total. The van der Waals surface area contributed by atoms with E-state index in [0.29, 0.717) is 11.2 Å². The number of carbonyl (C=O) groups excluding carboxylic acids is 1. The highest BCUT2D eigenvalue weighted by Gasteiger charge is 2.54. The number of para-hydroxylation sites is 1. The van der Waals surface area contributed by atoms with Gasteiger partial charge < -0.3 is 29.9 Å². The molecule has 3 heterocycles. The van der Waals surface area contributed by atoms with Crippen LogP contribution in [0.2, 0.25) is 0 Å². The SMILES string of the molecule is C[C@H](N[P@@](=O)(OC[C@@]1(C)O[C@@H](c2ccc3c(N)ncnn23)[C@H](O)[C@@H]1O)Oc1ccccc1)C(=O)OC1CCCCC1. The molecule has 0 bridgehead atoms. The minimum absolute atomic E-state index is 0.180. The molecule has 5 rings (SSSR count). The number of anilines is 1. The highest BCUT2D eigenvalue weighted by molar-refractivity contribution is 7.52. The number of ether oxygens (including phenoxy) is 2. The Balaban J connectivity index is 1.32. The first kappa shape index (κ1) is 29.4. The smallest absolute Gasteiger partial charge is 0.459 e. The van der Waals surface area contributed by atoms with E-state index in [0.717, 1.165) is 32.1 Å². The van der Waals surface area contributed by atoms with Gasteiger partial charge in [0.05, 0.1) is 12.3 Å². The summed E-state index contributed by atoms with van der Waals surface area (Å²) in [5, 5.41) is 28.8. The number of hydrogen-bond donors (Lipinski definition) is 4. The Bertz CT molecular complexity index is 1400. The molecule has 222 valence electrons. The molecular formula is C27H36N5O8P. The number of nitrogens with one attached hydrogen (secondary N) is 1. The standard InChI is InChI=1S/C27H36N5O8P/c1-17(26(35)38-18-9-5-3-6-10-18)31-41(36,40-19-11-7-4-8-12-19)37-15-27(2)24(34)22(33)23(39-27)20-13-14-21-25(28)29-16-30-32(20)21/h4,7-8,11-14,16-18,22-24,33-34H,3,5-6,9-10,15H2,1-2H3,(H,31,36)(H2,28,29,30)/t17-,22-,23-,24-,27+,41+/m0/s1. The van der Waals surface area contributed by atoms with E-state index < -0.39 is 50.3 Å². The largest absolute Gasteiger partial charge is 0.461 e. The lowest BCUT2D eigenvalue weighted by atomic mass is 9.97. The molecule has 6 atom stereocenters. The molecule has 0 amide bonds. The minimum atomic E-state index is -4.24. The number of aliphatic hydroxyl groups excluding tert-OH is 2. The third-order valence-corrected chi connectivity index (χ3v) is 9.11. The van der Waals surface area contributed by atoms with E-state index in [1.807, 2.05) is 0 Å². The first-order valence-corrected chi connectivity index (χ1v) is 15.2. The van der Waals surface area contributed by atoms with Crippen molar-refractivity contribution in [1.82, 2.24) is 19.7 Å². The maximum absolute atomic E-state index is 14.0. The predicted molar refractivity (Wildman–Crippen MR) is 148 cm³/mol. The third kappa shape index (κ3) is 6.40. The Kier molecular flexibility index (Phi) is 8.65. The number of rotatable bonds is 10. The first-order chi connectivity index (χ1) is 19.6. The number of nitrogens with two attached hydrogens (primary N) is 1. The lowest BCUT2D eigenvalue weighted by Gasteiger charge is -2.30. The van der Waals surface area contributed by atoms with Gasteiger partial charge in [-0.25, -0.2) is 14.1 Å². The molecule has 1 aromatic carbocycles. The van der Waals surface area contributed by atoms with Gasteiger partial charge in [0.2, 0.25) is 0 Å². The van der Waals surface area contributed by atoms with Gasteiger partial charge in [0, 0.05) is 0 Å². The zero-order chi connectivity index (χ0) is 29.2. The number of fused-ring (bicyclic) bond motifs is 1. The Hall–Kier alpha value is -3.06. The Morgan fingerprint density at radius 3 is 2.68 bits per heavy atom. The van der Waals surface area contributed by atoms with Gasteiger partial charge in [0.1, 0.15) is 53.7 Å². The van der Waals surface area contributed by atoms with E-state index in [1.54, 1.807) is 42.5 Å². The number of hydrogen-bond acceptors (Lipinski definition) is 11. The summed E-state index contributed by atoms with van der Waals surface area (Å²) in [6, 6.07) is 10.7. The van der Waals surface area contributed by atoms with Crippen molar-refractivity contribution in [3.8, 4) is 5.75 Å². The van der Waals surface area contributed by atoms with Crippen LogP contribution >= 0.6 is 7.75 Å². The number of carbonyl (C=O) groups is 1. The van der Waals surface area contributed by atoms with Crippen LogP contribution in [0.3, 0.4) is 0 Å². The second kappa shape index (κ2) is 12.0. The summed E-state index contributed by atoms with van der Waals surface area (Å²) in [4.78, 5) is 16.8. The first-order valence-electron chi connectivity index (χ1n) is 13.7. The van der Waals surface area contributed by atoms with Crippen LogP contribution in [0.15, 0.2) is 48.8 Å². The number of esters is 1. The fraction of sp³-hybridized carbons (Fsp3) is 0.519. The lowest BCUT2D eigenvalue weighted by molar-refractivity contribution is -0.152. The van der Waals surface area contributed by atoms with Crippen molar-refractivity contribution in [2.45, 2.75) is 82.0 Å². The van der Waals surface area contributed by atoms with E-state index in [2.05, 4.69) is 15.2 Å². The van der Waals surface area contributed by atoms with Gasteiger partial charge in [0.25, 0.3) is 0 Å². The van der Waals surface area contributed by atoms with Crippen molar-refractivity contribution in [2.75, 3.05) is 12.3 Å². The monoisotopic (exact) mass is 589 g/mol. The average Bonchev–Trinajstić information content (AvgIpc) is 3.49. The molecule has 41 heavy (non-hydrogen) atoms. The molecule has 2 aromatic heterocycles. The number of aliphatic hydroxyl groups is 2. The quantitative estimate of drug-likeness (QED) is 0.201. The summed E-state index contributed by atoms with van der Waals surface area (Å²) in [6.45, 7) is 2.58. The molecule has 14 heteroatoms. The maximum Gasteiger partial charge on any atom is 0.459 e. The number of benzene rings is 1. The van der Waals surface area contributed by atoms with Gasteiger partial charge in [-0.05, 0) is 63.8 Å².